The van der Waals surface area contributed by atoms with Crippen molar-refractivity contribution in [2.45, 2.75) is 0 Å². The van der Waals surface area contributed by atoms with Crippen LogP contribution < -0.4 is 5.32 Å². The first-order chi connectivity index (χ1) is 10.2. The molecule has 0 aliphatic carbocycles. The van der Waals surface area contributed by atoms with Gasteiger partial charge in [0.15, 0.2) is 0 Å². The Bertz CT molecular complexity index is 810. The van der Waals surface area contributed by atoms with E-state index in [0.717, 1.165) is 5.39 Å². The van der Waals surface area contributed by atoms with Gasteiger partial charge in [0.2, 0.25) is 0 Å². The molecule has 0 unspecified atom stereocenters. The molecule has 0 saturated heterocycles. The number of benzene rings is 2. The smallest absolute Gasteiger partial charge is 0.260 e. The largest absolute Gasteiger partial charge is 0.320 e. The molecular formula is C16H10ClFN2O. The molecule has 1 heterocycles. The fourth-order valence-corrected chi connectivity index (χ4v) is 2.35. The molecule has 0 radical (unpaired) electrons. The van der Waals surface area contributed by atoms with Crippen molar-refractivity contribution >= 4 is 34.1 Å². The molecule has 104 valence electrons. The van der Waals surface area contributed by atoms with Gasteiger partial charge in [0.25, 0.3) is 5.91 Å². The van der Waals surface area contributed by atoms with E-state index in [4.69, 9.17) is 11.6 Å². The van der Waals surface area contributed by atoms with Crippen LogP contribution in [0.15, 0.2) is 54.7 Å². The van der Waals surface area contributed by atoms with Gasteiger partial charge in [0.1, 0.15) is 5.82 Å². The zero-order valence-corrected chi connectivity index (χ0v) is 11.6. The maximum absolute atomic E-state index is 13.8. The number of halogens is 2. The molecule has 0 aliphatic rings. The molecule has 0 spiro atoms. The van der Waals surface area contributed by atoms with Crippen molar-refractivity contribution in [1.82, 2.24) is 4.98 Å². The number of carbonyl (C=O) groups is 1. The van der Waals surface area contributed by atoms with Gasteiger partial charge < -0.3 is 5.32 Å². The molecule has 21 heavy (non-hydrogen) atoms. The van der Waals surface area contributed by atoms with Gasteiger partial charge in [-0.1, -0.05) is 35.9 Å². The number of pyridine rings is 1. The molecule has 1 N–H and O–H groups in total. The van der Waals surface area contributed by atoms with E-state index in [9.17, 15) is 9.18 Å². The summed E-state index contributed by atoms with van der Waals surface area (Å²) in [5.41, 5.74) is 0.977. The third-order valence-corrected chi connectivity index (χ3v) is 3.39. The first-order valence-corrected chi connectivity index (χ1v) is 6.64. The van der Waals surface area contributed by atoms with Gasteiger partial charge in [-0.05, 0) is 24.3 Å². The van der Waals surface area contributed by atoms with E-state index in [1.54, 1.807) is 18.3 Å². The first kappa shape index (κ1) is 13.5. The number of anilines is 1. The van der Waals surface area contributed by atoms with Crippen molar-refractivity contribution in [2.24, 2.45) is 0 Å². The Morgan fingerprint density at radius 2 is 1.86 bits per heavy atom. The van der Waals surface area contributed by atoms with Crippen LogP contribution in [0.1, 0.15) is 10.4 Å². The highest BCUT2D eigenvalue weighted by Gasteiger charge is 2.16. The highest BCUT2D eigenvalue weighted by atomic mass is 35.5. The summed E-state index contributed by atoms with van der Waals surface area (Å²) in [5.74, 6) is -1.26. The molecule has 0 atom stereocenters. The minimum absolute atomic E-state index is 0.0701. The Balaban J connectivity index is 2.01. The average Bonchev–Trinajstić information content (AvgIpc) is 2.47. The number of fused-ring (bicyclic) bond motifs is 1. The van der Waals surface area contributed by atoms with Gasteiger partial charge in [-0.2, -0.15) is 0 Å². The quantitative estimate of drug-likeness (QED) is 0.767. The van der Waals surface area contributed by atoms with E-state index >= 15 is 0 Å². The van der Waals surface area contributed by atoms with Crippen LogP contribution >= 0.6 is 11.6 Å². The Labute approximate surface area is 125 Å². The fraction of sp³-hybridized carbons (Fsp3) is 0. The second kappa shape index (κ2) is 5.50. The summed E-state index contributed by atoms with van der Waals surface area (Å²) >= 11 is 5.89. The van der Waals surface area contributed by atoms with Crippen LogP contribution in [-0.2, 0) is 0 Å². The molecule has 3 nitrogen and oxygen atoms in total. The number of para-hydroxylation sites is 1. The Hall–Kier alpha value is -2.46. The number of carbonyl (C=O) groups excluding carboxylic acids is 1. The molecule has 1 aromatic heterocycles. The predicted octanol–water partition coefficient (Wildman–Crippen LogP) is 4.28. The van der Waals surface area contributed by atoms with Crippen molar-refractivity contribution in [3.8, 4) is 0 Å². The van der Waals surface area contributed by atoms with Crippen LogP contribution in [0.3, 0.4) is 0 Å². The standard InChI is InChI=1S/C16H10ClFN2O/c17-11-6-2-7-12(18)14(11)16(21)20-13-8-1-4-10-5-3-9-19-15(10)13/h1-9H,(H,20,21). The molecule has 1 amide bonds. The monoisotopic (exact) mass is 300 g/mol. The van der Waals surface area contributed by atoms with Crippen LogP contribution in [-0.4, -0.2) is 10.9 Å². The van der Waals surface area contributed by atoms with E-state index in [0.29, 0.717) is 11.2 Å². The van der Waals surface area contributed by atoms with Gasteiger partial charge >= 0.3 is 0 Å². The molecule has 0 saturated carbocycles. The van der Waals surface area contributed by atoms with E-state index in [1.165, 1.54) is 18.2 Å². The number of amides is 1. The van der Waals surface area contributed by atoms with E-state index in [2.05, 4.69) is 10.3 Å². The lowest BCUT2D eigenvalue weighted by Gasteiger charge is -2.09. The normalized spacial score (nSPS) is 10.6. The minimum atomic E-state index is -0.659. The van der Waals surface area contributed by atoms with Crippen molar-refractivity contribution in [3.63, 3.8) is 0 Å². The number of aromatic nitrogens is 1. The number of hydrogen-bond donors (Lipinski definition) is 1. The van der Waals surface area contributed by atoms with Gasteiger partial charge in [-0.3, -0.25) is 9.78 Å². The lowest BCUT2D eigenvalue weighted by Crippen LogP contribution is -2.14. The van der Waals surface area contributed by atoms with Crippen molar-refractivity contribution in [3.05, 3.63) is 71.1 Å². The third kappa shape index (κ3) is 2.58. The summed E-state index contributed by atoms with van der Waals surface area (Å²) in [5, 5.41) is 3.61. The summed E-state index contributed by atoms with van der Waals surface area (Å²) in [6, 6.07) is 13.2. The number of nitrogens with zero attached hydrogens (tertiary/aromatic N) is 1. The molecular weight excluding hydrogens is 291 g/mol. The second-order valence-corrected chi connectivity index (χ2v) is 4.84. The molecule has 5 heteroatoms. The van der Waals surface area contributed by atoms with Crippen LogP contribution in [0.4, 0.5) is 10.1 Å². The molecule has 3 rings (SSSR count). The number of nitrogens with one attached hydrogen (secondary N) is 1. The summed E-state index contributed by atoms with van der Waals surface area (Å²) in [6.07, 6.45) is 1.63. The zero-order valence-electron chi connectivity index (χ0n) is 10.8. The molecule has 3 aromatic rings. The van der Waals surface area contributed by atoms with Crippen molar-refractivity contribution in [2.75, 3.05) is 5.32 Å². The highest BCUT2D eigenvalue weighted by Crippen LogP contribution is 2.24. The predicted molar refractivity (Wildman–Crippen MR) is 81.1 cm³/mol. The van der Waals surface area contributed by atoms with Gasteiger partial charge in [-0.15, -0.1) is 0 Å². The summed E-state index contributed by atoms with van der Waals surface area (Å²) < 4.78 is 13.8. The third-order valence-electron chi connectivity index (χ3n) is 3.07. The van der Waals surface area contributed by atoms with Gasteiger partial charge in [0.05, 0.1) is 21.8 Å². The Morgan fingerprint density at radius 3 is 2.67 bits per heavy atom. The zero-order chi connectivity index (χ0) is 14.8. The SMILES string of the molecule is O=C(Nc1cccc2cccnc12)c1c(F)cccc1Cl. The van der Waals surface area contributed by atoms with Crippen LogP contribution in [0, 0.1) is 5.82 Å². The van der Waals surface area contributed by atoms with E-state index in [1.807, 2.05) is 18.2 Å². The molecule has 0 aliphatic heterocycles. The van der Waals surface area contributed by atoms with Crippen molar-refractivity contribution in [1.29, 1.82) is 0 Å². The van der Waals surface area contributed by atoms with Crippen LogP contribution in [0.5, 0.6) is 0 Å². The lowest BCUT2D eigenvalue weighted by molar-refractivity contribution is 0.102. The maximum atomic E-state index is 13.8. The number of rotatable bonds is 2. The minimum Gasteiger partial charge on any atom is -0.320 e. The van der Waals surface area contributed by atoms with Crippen LogP contribution in [0.2, 0.25) is 5.02 Å². The van der Waals surface area contributed by atoms with Gasteiger partial charge in [0, 0.05) is 11.6 Å². The van der Waals surface area contributed by atoms with Crippen LogP contribution in [0.25, 0.3) is 10.9 Å². The number of hydrogen-bond acceptors (Lipinski definition) is 2. The summed E-state index contributed by atoms with van der Waals surface area (Å²) in [7, 11) is 0. The Kier molecular flexibility index (Phi) is 3.54. The second-order valence-electron chi connectivity index (χ2n) is 4.43. The highest BCUT2D eigenvalue weighted by molar-refractivity contribution is 6.34. The topological polar surface area (TPSA) is 42.0 Å². The summed E-state index contributed by atoms with van der Waals surface area (Å²) in [6.45, 7) is 0. The summed E-state index contributed by atoms with van der Waals surface area (Å²) in [4.78, 5) is 16.5. The molecule has 2 aromatic carbocycles. The Morgan fingerprint density at radius 1 is 1.10 bits per heavy atom. The van der Waals surface area contributed by atoms with E-state index < -0.39 is 11.7 Å². The fourth-order valence-electron chi connectivity index (χ4n) is 2.10. The van der Waals surface area contributed by atoms with Crippen molar-refractivity contribution < 1.29 is 9.18 Å². The van der Waals surface area contributed by atoms with Gasteiger partial charge in [-0.25, -0.2) is 4.39 Å². The lowest BCUT2D eigenvalue weighted by atomic mass is 10.1. The average molecular weight is 301 g/mol. The maximum Gasteiger partial charge on any atom is 0.260 e. The first-order valence-electron chi connectivity index (χ1n) is 6.26. The molecule has 0 bridgehead atoms. The van der Waals surface area contributed by atoms with E-state index in [-0.39, 0.29) is 10.6 Å². The molecule has 0 fully saturated rings.